The predicted octanol–water partition coefficient (Wildman–Crippen LogP) is 4.54. The molecule has 5 heteroatoms. The van der Waals surface area contributed by atoms with Gasteiger partial charge in [0.1, 0.15) is 11.6 Å². The lowest BCUT2D eigenvalue weighted by Crippen LogP contribution is -2.13. The molecule has 1 atom stereocenters. The molecule has 0 saturated carbocycles. The fourth-order valence-electron chi connectivity index (χ4n) is 1.69. The molecule has 2 rings (SSSR count). The molecule has 0 saturated heterocycles. The Labute approximate surface area is 120 Å². The first kappa shape index (κ1) is 13.6. The summed E-state index contributed by atoms with van der Waals surface area (Å²) in [6.07, 6.45) is 0. The number of hydrogen-bond acceptors (Lipinski definition) is 1. The standard InChI is InChI=1S/C13H9Br2F2N/c14-8-1-2-12(15)11(5-8)13(18)7-3-9(16)6-10(17)4-7/h1-6,13H,18H2. The number of hydrogen-bond donors (Lipinski definition) is 1. The molecule has 1 nitrogen and oxygen atoms in total. The molecule has 0 fully saturated rings. The van der Waals surface area contributed by atoms with Gasteiger partial charge in [0.15, 0.2) is 0 Å². The van der Waals surface area contributed by atoms with Crippen LogP contribution in [0.4, 0.5) is 8.78 Å². The van der Waals surface area contributed by atoms with E-state index in [4.69, 9.17) is 5.73 Å². The molecule has 0 aliphatic rings. The number of rotatable bonds is 2. The quantitative estimate of drug-likeness (QED) is 0.818. The molecular weight excluding hydrogens is 368 g/mol. The normalized spacial score (nSPS) is 12.5. The lowest BCUT2D eigenvalue weighted by atomic mass is 9.99. The average molecular weight is 377 g/mol. The zero-order valence-corrected chi connectivity index (χ0v) is 12.3. The topological polar surface area (TPSA) is 26.0 Å². The Balaban J connectivity index is 2.47. The number of benzene rings is 2. The first-order valence-corrected chi connectivity index (χ1v) is 6.72. The molecule has 1 unspecified atom stereocenters. The van der Waals surface area contributed by atoms with E-state index in [2.05, 4.69) is 31.9 Å². The molecule has 2 aromatic carbocycles. The third-order valence-corrected chi connectivity index (χ3v) is 3.75. The molecule has 2 N–H and O–H groups in total. The summed E-state index contributed by atoms with van der Waals surface area (Å²) in [7, 11) is 0. The molecule has 0 aliphatic carbocycles. The van der Waals surface area contributed by atoms with Crippen LogP contribution in [0.3, 0.4) is 0 Å². The maximum atomic E-state index is 13.2. The first-order chi connectivity index (χ1) is 8.47. The van der Waals surface area contributed by atoms with Crippen molar-refractivity contribution in [1.29, 1.82) is 0 Å². The van der Waals surface area contributed by atoms with Crippen molar-refractivity contribution in [3.63, 3.8) is 0 Å². The van der Waals surface area contributed by atoms with E-state index in [0.29, 0.717) is 5.56 Å². The summed E-state index contributed by atoms with van der Waals surface area (Å²) in [5, 5.41) is 0. The second kappa shape index (κ2) is 5.47. The summed E-state index contributed by atoms with van der Waals surface area (Å²) < 4.78 is 28.0. The van der Waals surface area contributed by atoms with Gasteiger partial charge in [-0.15, -0.1) is 0 Å². The van der Waals surface area contributed by atoms with Crippen molar-refractivity contribution in [1.82, 2.24) is 0 Å². The van der Waals surface area contributed by atoms with Crippen LogP contribution < -0.4 is 5.73 Å². The minimum Gasteiger partial charge on any atom is -0.320 e. The lowest BCUT2D eigenvalue weighted by molar-refractivity contribution is 0.577. The van der Waals surface area contributed by atoms with Gasteiger partial charge in [0.25, 0.3) is 0 Å². The zero-order chi connectivity index (χ0) is 13.3. The van der Waals surface area contributed by atoms with Crippen LogP contribution in [0.5, 0.6) is 0 Å². The molecule has 0 aromatic heterocycles. The van der Waals surface area contributed by atoms with Crippen LogP contribution in [0.1, 0.15) is 17.2 Å². The maximum absolute atomic E-state index is 13.2. The van der Waals surface area contributed by atoms with E-state index in [1.165, 1.54) is 12.1 Å². The van der Waals surface area contributed by atoms with Gasteiger partial charge in [0.05, 0.1) is 6.04 Å². The average Bonchev–Trinajstić information content (AvgIpc) is 2.30. The summed E-state index contributed by atoms with van der Waals surface area (Å²) in [5.74, 6) is -1.27. The Morgan fingerprint density at radius 2 is 1.56 bits per heavy atom. The molecule has 2 aromatic rings. The van der Waals surface area contributed by atoms with Crippen LogP contribution in [0, 0.1) is 11.6 Å². The fraction of sp³-hybridized carbons (Fsp3) is 0.0769. The molecule has 0 spiro atoms. The molecule has 0 aliphatic heterocycles. The van der Waals surface area contributed by atoms with Gasteiger partial charge in [-0.05, 0) is 41.5 Å². The number of nitrogens with two attached hydrogens (primary N) is 1. The van der Waals surface area contributed by atoms with E-state index >= 15 is 0 Å². The molecule has 0 bridgehead atoms. The van der Waals surface area contributed by atoms with Crippen LogP contribution in [-0.2, 0) is 0 Å². The Kier molecular flexibility index (Phi) is 4.14. The van der Waals surface area contributed by atoms with Crippen molar-refractivity contribution < 1.29 is 8.78 Å². The highest BCUT2D eigenvalue weighted by molar-refractivity contribution is 9.11. The molecule has 94 valence electrons. The Morgan fingerprint density at radius 1 is 0.944 bits per heavy atom. The highest BCUT2D eigenvalue weighted by Gasteiger charge is 2.14. The molecule has 18 heavy (non-hydrogen) atoms. The van der Waals surface area contributed by atoms with Gasteiger partial charge in [-0.1, -0.05) is 31.9 Å². The van der Waals surface area contributed by atoms with E-state index in [-0.39, 0.29) is 0 Å². The molecular formula is C13H9Br2F2N. The lowest BCUT2D eigenvalue weighted by Gasteiger charge is -2.15. The first-order valence-electron chi connectivity index (χ1n) is 5.14. The third kappa shape index (κ3) is 2.96. The maximum Gasteiger partial charge on any atom is 0.126 e. The van der Waals surface area contributed by atoms with Crippen LogP contribution in [0.25, 0.3) is 0 Å². The van der Waals surface area contributed by atoms with Gasteiger partial charge < -0.3 is 5.73 Å². The highest BCUT2D eigenvalue weighted by Crippen LogP contribution is 2.30. The van der Waals surface area contributed by atoms with Gasteiger partial charge in [-0.25, -0.2) is 8.78 Å². The second-order valence-electron chi connectivity index (χ2n) is 3.85. The van der Waals surface area contributed by atoms with Gasteiger partial charge in [0.2, 0.25) is 0 Å². The monoisotopic (exact) mass is 375 g/mol. The van der Waals surface area contributed by atoms with Crippen LogP contribution in [-0.4, -0.2) is 0 Å². The summed E-state index contributed by atoms with van der Waals surface area (Å²) in [6.45, 7) is 0. The SMILES string of the molecule is NC(c1cc(F)cc(F)c1)c1cc(Br)ccc1Br. The van der Waals surface area contributed by atoms with Gasteiger partial charge in [-0.3, -0.25) is 0 Å². The van der Waals surface area contributed by atoms with Crippen LogP contribution in [0.15, 0.2) is 45.3 Å². The van der Waals surface area contributed by atoms with E-state index in [1.807, 2.05) is 18.2 Å². The van der Waals surface area contributed by atoms with Gasteiger partial charge in [0, 0.05) is 15.0 Å². The van der Waals surface area contributed by atoms with E-state index in [1.54, 1.807) is 0 Å². The van der Waals surface area contributed by atoms with Gasteiger partial charge >= 0.3 is 0 Å². The van der Waals surface area contributed by atoms with Crippen molar-refractivity contribution >= 4 is 31.9 Å². The summed E-state index contributed by atoms with van der Waals surface area (Å²) in [4.78, 5) is 0. The second-order valence-corrected chi connectivity index (χ2v) is 5.62. The van der Waals surface area contributed by atoms with E-state index in [0.717, 1.165) is 20.6 Å². The summed E-state index contributed by atoms with van der Waals surface area (Å²) in [6, 6.07) is 8.20. The molecule has 0 amide bonds. The minimum absolute atomic E-state index is 0.395. The van der Waals surface area contributed by atoms with Crippen molar-refractivity contribution in [3.8, 4) is 0 Å². The van der Waals surface area contributed by atoms with Gasteiger partial charge in [-0.2, -0.15) is 0 Å². The van der Waals surface area contributed by atoms with Crippen molar-refractivity contribution in [3.05, 3.63) is 68.1 Å². The Hall–Kier alpha value is -0.780. The Morgan fingerprint density at radius 3 is 2.17 bits per heavy atom. The third-order valence-electron chi connectivity index (χ3n) is 2.54. The fourth-order valence-corrected chi connectivity index (χ4v) is 2.56. The largest absolute Gasteiger partial charge is 0.320 e. The van der Waals surface area contributed by atoms with Crippen LogP contribution in [0.2, 0.25) is 0 Å². The summed E-state index contributed by atoms with van der Waals surface area (Å²) >= 11 is 6.72. The van der Waals surface area contributed by atoms with Crippen molar-refractivity contribution in [2.24, 2.45) is 5.73 Å². The van der Waals surface area contributed by atoms with Crippen molar-refractivity contribution in [2.45, 2.75) is 6.04 Å². The van der Waals surface area contributed by atoms with Crippen molar-refractivity contribution in [2.75, 3.05) is 0 Å². The smallest absolute Gasteiger partial charge is 0.126 e. The van der Waals surface area contributed by atoms with E-state index < -0.39 is 17.7 Å². The van der Waals surface area contributed by atoms with E-state index in [9.17, 15) is 8.78 Å². The molecule has 0 radical (unpaired) electrons. The zero-order valence-electron chi connectivity index (χ0n) is 9.13. The number of halogens is 4. The highest BCUT2D eigenvalue weighted by atomic mass is 79.9. The summed E-state index contributed by atoms with van der Waals surface area (Å²) in [5.41, 5.74) is 7.19. The Bertz CT molecular complexity index is 567. The molecule has 0 heterocycles. The minimum atomic E-state index is -0.633. The predicted molar refractivity (Wildman–Crippen MR) is 74.2 cm³/mol. The van der Waals surface area contributed by atoms with Crippen LogP contribution >= 0.6 is 31.9 Å².